The molecule has 23 heavy (non-hydrogen) atoms. The maximum absolute atomic E-state index is 13.7. The molecular weight excluding hydrogens is 300 g/mol. The highest BCUT2D eigenvalue weighted by atomic mass is 19.1. The van der Waals surface area contributed by atoms with E-state index in [1.807, 2.05) is 0 Å². The minimum atomic E-state index is -0.580. The van der Waals surface area contributed by atoms with Crippen LogP contribution in [0.3, 0.4) is 0 Å². The second kappa shape index (κ2) is 7.86. The van der Waals surface area contributed by atoms with E-state index >= 15 is 0 Å². The quantitative estimate of drug-likeness (QED) is 0.771. The molecule has 128 valence electrons. The van der Waals surface area contributed by atoms with Crippen molar-refractivity contribution in [1.82, 2.24) is 5.32 Å². The summed E-state index contributed by atoms with van der Waals surface area (Å²) in [4.78, 5) is 12.2. The van der Waals surface area contributed by atoms with Gasteiger partial charge in [0.1, 0.15) is 11.6 Å². The third kappa shape index (κ3) is 4.74. The fourth-order valence-corrected chi connectivity index (χ4v) is 3.20. The lowest BCUT2D eigenvalue weighted by Gasteiger charge is -2.18. The van der Waals surface area contributed by atoms with E-state index in [2.05, 4.69) is 19.2 Å². The van der Waals surface area contributed by atoms with E-state index in [4.69, 9.17) is 5.11 Å². The Kier molecular flexibility index (Phi) is 6.10. The maximum atomic E-state index is 13.7. The summed E-state index contributed by atoms with van der Waals surface area (Å²) in [6.45, 7) is 4.80. The molecule has 2 rings (SSSR count). The lowest BCUT2D eigenvalue weighted by atomic mass is 9.94. The normalized spacial score (nSPS) is 21.3. The number of carbonyl (C=O) groups excluding carboxylic acids is 1. The van der Waals surface area contributed by atoms with Crippen molar-refractivity contribution in [2.45, 2.75) is 39.0 Å². The maximum Gasteiger partial charge on any atom is 0.223 e. The summed E-state index contributed by atoms with van der Waals surface area (Å²) >= 11 is 0. The summed E-state index contributed by atoms with van der Waals surface area (Å²) in [6.07, 6.45) is 2.06. The van der Waals surface area contributed by atoms with E-state index in [0.717, 1.165) is 6.42 Å². The van der Waals surface area contributed by atoms with Crippen LogP contribution in [0.25, 0.3) is 0 Å². The van der Waals surface area contributed by atoms with Crippen molar-refractivity contribution in [3.63, 3.8) is 0 Å². The van der Waals surface area contributed by atoms with Gasteiger partial charge in [-0.05, 0) is 43.2 Å². The molecule has 0 bridgehead atoms. The topological polar surface area (TPSA) is 49.3 Å². The van der Waals surface area contributed by atoms with Gasteiger partial charge in [-0.15, -0.1) is 0 Å². The number of amides is 1. The van der Waals surface area contributed by atoms with Crippen molar-refractivity contribution in [2.24, 2.45) is 17.8 Å². The largest absolute Gasteiger partial charge is 0.396 e. The number of aliphatic hydroxyl groups excluding tert-OH is 1. The number of hydrogen-bond donors (Lipinski definition) is 2. The van der Waals surface area contributed by atoms with E-state index in [-0.39, 0.29) is 35.8 Å². The van der Waals surface area contributed by atoms with Crippen molar-refractivity contribution in [2.75, 3.05) is 13.2 Å². The number of nitrogens with one attached hydrogen (secondary N) is 1. The minimum Gasteiger partial charge on any atom is -0.396 e. The molecule has 3 atom stereocenters. The van der Waals surface area contributed by atoms with Crippen LogP contribution in [0.4, 0.5) is 8.78 Å². The second-order valence-electron chi connectivity index (χ2n) is 6.84. The predicted octanol–water partition coefficient (Wildman–Crippen LogP) is 3.23. The molecule has 0 aliphatic heterocycles. The van der Waals surface area contributed by atoms with Gasteiger partial charge in [0.15, 0.2) is 0 Å². The van der Waals surface area contributed by atoms with Crippen molar-refractivity contribution in [3.05, 3.63) is 35.4 Å². The summed E-state index contributed by atoms with van der Waals surface area (Å²) in [6, 6.07) is 3.79. The summed E-state index contributed by atoms with van der Waals surface area (Å²) < 4.78 is 27.5. The molecule has 3 unspecified atom stereocenters. The summed E-state index contributed by atoms with van der Waals surface area (Å²) in [5, 5.41) is 12.0. The molecule has 5 heteroatoms. The third-order valence-electron chi connectivity index (χ3n) is 4.40. The Morgan fingerprint density at radius 3 is 2.57 bits per heavy atom. The smallest absolute Gasteiger partial charge is 0.223 e. The van der Waals surface area contributed by atoms with Crippen LogP contribution >= 0.6 is 0 Å². The van der Waals surface area contributed by atoms with Gasteiger partial charge in [0.2, 0.25) is 5.91 Å². The summed E-state index contributed by atoms with van der Waals surface area (Å²) in [7, 11) is 0. The first kappa shape index (κ1) is 17.9. The zero-order valence-electron chi connectivity index (χ0n) is 13.7. The molecule has 1 aliphatic carbocycles. The fraction of sp³-hybridized carbons (Fsp3) is 0.611. The molecule has 0 aromatic heterocycles. The van der Waals surface area contributed by atoms with Crippen LogP contribution in [0.2, 0.25) is 0 Å². The van der Waals surface area contributed by atoms with Crippen LogP contribution in [0.1, 0.15) is 44.6 Å². The monoisotopic (exact) mass is 325 g/mol. The number of halogens is 2. The first-order valence-electron chi connectivity index (χ1n) is 8.26. The first-order chi connectivity index (χ1) is 10.9. The van der Waals surface area contributed by atoms with E-state index in [0.29, 0.717) is 25.3 Å². The minimum absolute atomic E-state index is 0.0294. The van der Waals surface area contributed by atoms with Crippen LogP contribution in [-0.4, -0.2) is 24.2 Å². The first-order valence-corrected chi connectivity index (χ1v) is 8.26. The van der Waals surface area contributed by atoms with Crippen LogP contribution in [0.15, 0.2) is 18.2 Å². The highest BCUT2D eigenvalue weighted by Gasteiger charge is 2.46. The number of benzene rings is 1. The Morgan fingerprint density at radius 2 is 2.00 bits per heavy atom. The Bertz CT molecular complexity index is 528. The molecular formula is C18H25F2NO2. The summed E-state index contributed by atoms with van der Waals surface area (Å²) in [5.74, 6) is -1.31. The van der Waals surface area contributed by atoms with E-state index in [1.54, 1.807) is 0 Å². The lowest BCUT2D eigenvalue weighted by molar-refractivity contribution is -0.122. The van der Waals surface area contributed by atoms with Crippen molar-refractivity contribution in [1.29, 1.82) is 0 Å². The Hall–Kier alpha value is -1.49. The van der Waals surface area contributed by atoms with Crippen molar-refractivity contribution >= 4 is 5.91 Å². The van der Waals surface area contributed by atoms with Gasteiger partial charge in [0, 0.05) is 30.6 Å². The average molecular weight is 325 g/mol. The molecule has 1 saturated carbocycles. The standard InChI is InChI=1S/C18H25F2NO2/c1-11(2)8-12(6-7-22)10-21-18(23)14-9-13(14)17-15(19)4-3-5-16(17)20/h3-5,11-14,22H,6-10H2,1-2H3,(H,21,23). The van der Waals surface area contributed by atoms with Gasteiger partial charge in [0.25, 0.3) is 0 Å². The molecule has 0 radical (unpaired) electrons. The second-order valence-corrected chi connectivity index (χ2v) is 6.84. The SMILES string of the molecule is CC(C)CC(CCO)CNC(=O)C1CC1c1c(F)cccc1F. The lowest BCUT2D eigenvalue weighted by Crippen LogP contribution is -2.31. The number of carbonyl (C=O) groups is 1. The van der Waals surface area contributed by atoms with Gasteiger partial charge in [-0.2, -0.15) is 0 Å². The molecule has 1 aliphatic rings. The van der Waals surface area contributed by atoms with Crippen LogP contribution in [0.5, 0.6) is 0 Å². The number of aliphatic hydroxyl groups is 1. The van der Waals surface area contributed by atoms with Crippen molar-refractivity contribution in [3.8, 4) is 0 Å². The molecule has 0 spiro atoms. The number of hydrogen-bond acceptors (Lipinski definition) is 2. The Labute approximate surface area is 136 Å². The molecule has 3 nitrogen and oxygen atoms in total. The van der Waals surface area contributed by atoms with E-state index in [9.17, 15) is 13.6 Å². The number of rotatable bonds is 8. The molecule has 1 aromatic rings. The highest BCUT2D eigenvalue weighted by molar-refractivity contribution is 5.82. The van der Waals surface area contributed by atoms with Gasteiger partial charge in [-0.25, -0.2) is 8.78 Å². The predicted molar refractivity (Wildman–Crippen MR) is 84.9 cm³/mol. The van der Waals surface area contributed by atoms with Crippen LogP contribution < -0.4 is 5.32 Å². The van der Waals surface area contributed by atoms with Gasteiger partial charge < -0.3 is 10.4 Å². The van der Waals surface area contributed by atoms with Gasteiger partial charge in [0.05, 0.1) is 0 Å². The molecule has 0 heterocycles. The average Bonchev–Trinajstić information content (AvgIpc) is 3.24. The van der Waals surface area contributed by atoms with Gasteiger partial charge >= 0.3 is 0 Å². The van der Waals surface area contributed by atoms with Crippen LogP contribution in [-0.2, 0) is 4.79 Å². The molecule has 1 amide bonds. The Morgan fingerprint density at radius 1 is 1.35 bits per heavy atom. The zero-order chi connectivity index (χ0) is 17.0. The zero-order valence-corrected chi connectivity index (χ0v) is 13.7. The molecule has 2 N–H and O–H groups in total. The van der Waals surface area contributed by atoms with Gasteiger partial charge in [-0.3, -0.25) is 4.79 Å². The summed E-state index contributed by atoms with van der Waals surface area (Å²) in [5.41, 5.74) is 0.0294. The Balaban J connectivity index is 1.88. The van der Waals surface area contributed by atoms with E-state index < -0.39 is 11.6 Å². The third-order valence-corrected chi connectivity index (χ3v) is 4.40. The van der Waals surface area contributed by atoms with Gasteiger partial charge in [-0.1, -0.05) is 19.9 Å². The van der Waals surface area contributed by atoms with E-state index in [1.165, 1.54) is 18.2 Å². The molecule has 0 saturated heterocycles. The van der Waals surface area contributed by atoms with Crippen molar-refractivity contribution < 1.29 is 18.7 Å². The molecule has 1 fully saturated rings. The van der Waals surface area contributed by atoms with Crippen LogP contribution in [0, 0.1) is 29.4 Å². The highest BCUT2D eigenvalue weighted by Crippen LogP contribution is 2.49. The molecule has 1 aromatic carbocycles. The fourth-order valence-electron chi connectivity index (χ4n) is 3.20.